The molecule has 3 fully saturated rings. The van der Waals surface area contributed by atoms with Crippen LogP contribution in [0.3, 0.4) is 0 Å². The minimum Gasteiger partial charge on any atom is -0.463 e. The van der Waals surface area contributed by atoms with Crippen molar-refractivity contribution in [1.82, 2.24) is 0 Å². The van der Waals surface area contributed by atoms with Crippen molar-refractivity contribution in [2.45, 2.75) is 498 Å². The Morgan fingerprint density at radius 1 is 0.359 bits per heavy atom. The Hall–Kier alpha value is -3.05. The largest absolute Gasteiger partial charge is 0.472 e. The van der Waals surface area contributed by atoms with Crippen molar-refractivity contribution in [3.63, 3.8) is 0 Å². The Bertz CT molecular complexity index is 2550. The summed E-state index contributed by atoms with van der Waals surface area (Å²) in [5.74, 6) is -2.31. The van der Waals surface area contributed by atoms with Crippen LogP contribution >= 0.6 is 7.82 Å². The van der Waals surface area contributed by atoms with Crippen molar-refractivity contribution in [2.24, 2.45) is 5.92 Å². The van der Waals surface area contributed by atoms with Crippen molar-refractivity contribution in [3.8, 4) is 0 Å². The summed E-state index contributed by atoms with van der Waals surface area (Å²) < 4.78 is 73.4. The SMILES string of the molecule is CCCCCCCC/C=C\CCCCCC(=O)OC(COC(=O)CCCCCCCCC(C)CCCCCCCC)COP(=O)(O)OC1C(OC2OC(CO)C(O)C(O)C2O)C(O)C(O)C(OC(=O)CCCCC/C=C\CCCCCCCC)C1OC1OC(COC(=O)CCCCCCCCCCCCCCCCCC)C(O)C(O)C1O. The van der Waals surface area contributed by atoms with Crippen molar-refractivity contribution < 1.29 is 122 Å². The highest BCUT2D eigenvalue weighted by Gasteiger charge is 2.60. The average molecular weight is 1690 g/mol. The molecule has 0 amide bonds. The second-order valence-corrected chi connectivity index (χ2v) is 35.2. The molecule has 10 N–H and O–H groups in total. The maximum absolute atomic E-state index is 14.9. The number of carbonyl (C=O) groups excluding carboxylic acids is 4. The van der Waals surface area contributed by atoms with E-state index in [1.807, 2.05) is 0 Å². The summed E-state index contributed by atoms with van der Waals surface area (Å²) in [5, 5.41) is 102. The molecule has 25 nitrogen and oxygen atoms in total. The molecule has 0 spiro atoms. The van der Waals surface area contributed by atoms with Crippen LogP contribution in [0, 0.1) is 5.92 Å². The summed E-state index contributed by atoms with van der Waals surface area (Å²) in [6, 6.07) is 0. The molecule has 2 heterocycles. The molecule has 0 bridgehead atoms. The minimum absolute atomic E-state index is 0.0153. The van der Waals surface area contributed by atoms with E-state index < -0.39 is 162 Å². The van der Waals surface area contributed by atoms with Gasteiger partial charge in [0.05, 0.1) is 13.2 Å². The molecular weight excluding hydrogens is 1520 g/mol. The number of unbranched alkanes of at least 4 members (excludes halogenated alkanes) is 43. The Kier molecular flexibility index (Phi) is 64.0. The molecule has 1 aliphatic carbocycles. The van der Waals surface area contributed by atoms with Crippen LogP contribution in [-0.2, 0) is 70.7 Å². The lowest BCUT2D eigenvalue weighted by atomic mass is 9.84. The van der Waals surface area contributed by atoms with Gasteiger partial charge >= 0.3 is 31.7 Å². The van der Waals surface area contributed by atoms with Crippen molar-refractivity contribution >= 4 is 31.7 Å². The van der Waals surface area contributed by atoms with Crippen LogP contribution < -0.4 is 0 Å². The Morgan fingerprint density at radius 3 is 1.11 bits per heavy atom. The van der Waals surface area contributed by atoms with Crippen LogP contribution in [0.2, 0.25) is 0 Å². The van der Waals surface area contributed by atoms with Gasteiger partial charge in [0.2, 0.25) is 0 Å². The molecule has 0 aromatic rings. The number of esters is 4. The standard InChI is InChI=1S/C91H167O25P/c1-6-10-14-18-22-25-28-31-32-33-36-37-40-43-50-57-63-75(94)108-69-73-79(98)81(100)85(104)91(112-73)115-88-86(113-77(96)65-59-53-45-42-39-35-30-27-24-20-16-12-8-3)82(101)83(102)87(114-90-84(103)80(99)78(97)72(66-92)111-90)89(88)116-117(105,106)109-68-71(110-76(95)64-58-52-44-41-38-34-29-26-23-19-15-11-7-2)67-107-74(93)62-56-51-47-46-49-55-61-70(5)60-54-48-21-17-13-9-4/h34-35,38-39,70-73,78-92,97-104H,6-33,36-37,40-69H2,1-5H3,(H,105,106)/b38-34-,39-35-. The van der Waals surface area contributed by atoms with Crippen LogP contribution in [0.15, 0.2) is 24.3 Å². The van der Waals surface area contributed by atoms with Crippen LogP contribution in [0.4, 0.5) is 0 Å². The molecule has 117 heavy (non-hydrogen) atoms. The van der Waals surface area contributed by atoms with Gasteiger partial charge in [0.25, 0.3) is 0 Å². The Morgan fingerprint density at radius 2 is 0.692 bits per heavy atom. The van der Waals surface area contributed by atoms with Crippen LogP contribution in [0.25, 0.3) is 0 Å². The number of hydrogen-bond acceptors (Lipinski definition) is 24. The van der Waals surface area contributed by atoms with Gasteiger partial charge < -0.3 is 88.7 Å². The molecule has 1 saturated carbocycles. The number of hydrogen-bond donors (Lipinski definition) is 10. The van der Waals surface area contributed by atoms with E-state index in [2.05, 4.69) is 58.9 Å². The number of rotatable bonds is 75. The molecule has 686 valence electrons. The highest BCUT2D eigenvalue weighted by Crippen LogP contribution is 2.49. The lowest BCUT2D eigenvalue weighted by molar-refractivity contribution is -0.360. The fourth-order valence-electron chi connectivity index (χ4n) is 15.5. The Balaban J connectivity index is 1.92. The Labute approximate surface area is 704 Å². The third-order valence-electron chi connectivity index (χ3n) is 23.1. The zero-order valence-electron chi connectivity index (χ0n) is 73.2. The number of phosphoric acid groups is 1. The predicted molar refractivity (Wildman–Crippen MR) is 453 cm³/mol. The quantitative estimate of drug-likeness (QED) is 0.00889. The van der Waals surface area contributed by atoms with Crippen LogP contribution in [0.1, 0.15) is 394 Å². The molecule has 0 aromatic heterocycles. The van der Waals surface area contributed by atoms with Gasteiger partial charge in [0.15, 0.2) is 24.8 Å². The summed E-state index contributed by atoms with van der Waals surface area (Å²) in [6.45, 7) is 7.89. The van der Waals surface area contributed by atoms with Gasteiger partial charge in [-0.05, 0) is 83.0 Å². The van der Waals surface area contributed by atoms with Gasteiger partial charge in [-0.2, -0.15) is 0 Å². The van der Waals surface area contributed by atoms with Gasteiger partial charge in [-0.15, -0.1) is 0 Å². The number of aliphatic hydroxyl groups excluding tert-OH is 9. The first-order valence-corrected chi connectivity index (χ1v) is 48.5. The molecule has 19 atom stereocenters. The number of aliphatic hydroxyl groups is 9. The zero-order chi connectivity index (χ0) is 85.5. The smallest absolute Gasteiger partial charge is 0.463 e. The topological polar surface area (TPSA) is 380 Å². The molecule has 0 radical (unpaired) electrons. The molecule has 26 heteroatoms. The number of phosphoric ester groups is 1. The average Bonchev–Trinajstić information content (AvgIpc) is 0.754. The second-order valence-electron chi connectivity index (χ2n) is 33.8. The van der Waals surface area contributed by atoms with Gasteiger partial charge in [0, 0.05) is 25.7 Å². The summed E-state index contributed by atoms with van der Waals surface area (Å²) in [5.41, 5.74) is 0. The van der Waals surface area contributed by atoms with Crippen molar-refractivity contribution in [3.05, 3.63) is 24.3 Å². The summed E-state index contributed by atoms with van der Waals surface area (Å²) >= 11 is 0. The van der Waals surface area contributed by atoms with E-state index in [0.717, 1.165) is 116 Å². The maximum Gasteiger partial charge on any atom is 0.472 e. The first kappa shape index (κ1) is 108. The fraction of sp³-hybridized carbons (Fsp3) is 0.912. The summed E-state index contributed by atoms with van der Waals surface area (Å²) in [4.78, 5) is 66.4. The van der Waals surface area contributed by atoms with E-state index in [1.54, 1.807) is 0 Å². The van der Waals surface area contributed by atoms with E-state index in [4.69, 9.17) is 46.9 Å². The number of allylic oxidation sites excluding steroid dienone is 4. The maximum atomic E-state index is 14.9. The van der Waals surface area contributed by atoms with Gasteiger partial charge in [0.1, 0.15) is 92.6 Å². The predicted octanol–water partition coefficient (Wildman–Crippen LogP) is 17.2. The second kappa shape index (κ2) is 69.3. The van der Waals surface area contributed by atoms with E-state index in [-0.39, 0.29) is 32.1 Å². The minimum atomic E-state index is -5.81. The van der Waals surface area contributed by atoms with Crippen molar-refractivity contribution in [2.75, 3.05) is 26.4 Å². The van der Waals surface area contributed by atoms with E-state index in [0.29, 0.717) is 44.4 Å². The lowest BCUT2D eigenvalue weighted by Gasteiger charge is -2.50. The van der Waals surface area contributed by atoms with Crippen molar-refractivity contribution in [1.29, 1.82) is 0 Å². The summed E-state index contributed by atoms with van der Waals surface area (Å²) in [7, 11) is -5.81. The first-order chi connectivity index (χ1) is 56.6. The molecule has 0 aromatic carbocycles. The molecular formula is C91H167O25P. The van der Waals surface area contributed by atoms with Gasteiger partial charge in [-0.1, -0.05) is 316 Å². The third kappa shape index (κ3) is 49.9. The molecule has 3 aliphatic rings. The van der Waals surface area contributed by atoms with E-state index in [1.165, 1.54) is 173 Å². The molecule has 3 rings (SSSR count). The fourth-order valence-corrected chi connectivity index (χ4v) is 16.5. The molecule has 19 unspecified atom stereocenters. The molecule has 2 aliphatic heterocycles. The zero-order valence-corrected chi connectivity index (χ0v) is 74.1. The third-order valence-corrected chi connectivity index (χ3v) is 24.1. The molecule has 2 saturated heterocycles. The monoisotopic (exact) mass is 1690 g/mol. The first-order valence-electron chi connectivity index (χ1n) is 47.0. The lowest BCUT2D eigenvalue weighted by Crippen LogP contribution is -2.70. The van der Waals surface area contributed by atoms with Gasteiger partial charge in [-0.3, -0.25) is 28.2 Å². The number of carbonyl (C=O) groups is 4. The number of ether oxygens (including phenoxy) is 8. The summed E-state index contributed by atoms with van der Waals surface area (Å²) in [6.07, 6.45) is 27.7. The van der Waals surface area contributed by atoms with E-state index in [9.17, 15) is 74.6 Å². The van der Waals surface area contributed by atoms with E-state index >= 15 is 0 Å². The highest BCUT2D eigenvalue weighted by molar-refractivity contribution is 7.47. The van der Waals surface area contributed by atoms with Crippen LogP contribution in [-0.4, -0.2) is 205 Å². The normalized spacial score (nSPS) is 25.4. The highest BCUT2D eigenvalue weighted by atomic mass is 31.2. The van der Waals surface area contributed by atoms with Crippen LogP contribution in [0.5, 0.6) is 0 Å². The van der Waals surface area contributed by atoms with Gasteiger partial charge in [-0.25, -0.2) is 4.57 Å².